The van der Waals surface area contributed by atoms with Crippen molar-refractivity contribution in [2.24, 2.45) is 0 Å². The third kappa shape index (κ3) is 2.52. The van der Waals surface area contributed by atoms with Crippen molar-refractivity contribution < 1.29 is 5.11 Å². The molecule has 0 bridgehead atoms. The van der Waals surface area contributed by atoms with Crippen LogP contribution in [0.4, 0.5) is 5.69 Å². The molecule has 1 aromatic heterocycles. The molecule has 84 valence electrons. The van der Waals surface area contributed by atoms with Gasteiger partial charge >= 0.3 is 0 Å². The van der Waals surface area contributed by atoms with E-state index in [2.05, 4.69) is 10.3 Å². The molecular weight excluding hydrogens is 220 g/mol. The van der Waals surface area contributed by atoms with E-state index in [4.69, 9.17) is 5.11 Å². The van der Waals surface area contributed by atoms with E-state index >= 15 is 0 Å². The smallest absolute Gasteiger partial charge is 0.115 e. The van der Waals surface area contributed by atoms with Gasteiger partial charge in [-0.25, -0.2) is 4.98 Å². The highest BCUT2D eigenvalue weighted by Crippen LogP contribution is 2.19. The summed E-state index contributed by atoms with van der Waals surface area (Å²) in [6.07, 6.45) is 0. The second-order valence-corrected chi connectivity index (χ2v) is 4.93. The number of hydrogen-bond donors (Lipinski definition) is 2. The summed E-state index contributed by atoms with van der Waals surface area (Å²) in [5, 5.41) is 13.6. The third-order valence-electron chi connectivity index (χ3n) is 2.32. The van der Waals surface area contributed by atoms with Crippen LogP contribution in [0.15, 0.2) is 24.3 Å². The summed E-state index contributed by atoms with van der Waals surface area (Å²) in [4.78, 5) is 5.63. The Morgan fingerprint density at radius 2 is 1.94 bits per heavy atom. The summed E-state index contributed by atoms with van der Waals surface area (Å²) >= 11 is 1.71. The number of thiazole rings is 1. The van der Waals surface area contributed by atoms with Crippen LogP contribution in [-0.2, 0) is 6.54 Å². The number of phenols is 1. The molecule has 0 aliphatic carbocycles. The molecule has 0 saturated carbocycles. The van der Waals surface area contributed by atoms with Crippen LogP contribution in [0.25, 0.3) is 0 Å². The second kappa shape index (κ2) is 4.53. The minimum atomic E-state index is 0.287. The van der Waals surface area contributed by atoms with Crippen LogP contribution in [0.1, 0.15) is 15.6 Å². The third-order valence-corrected chi connectivity index (χ3v) is 3.39. The fraction of sp³-hybridized carbons (Fsp3) is 0.250. The highest BCUT2D eigenvalue weighted by Gasteiger charge is 2.03. The molecule has 1 aromatic carbocycles. The van der Waals surface area contributed by atoms with E-state index in [9.17, 15) is 0 Å². The quantitative estimate of drug-likeness (QED) is 0.802. The molecule has 0 aliphatic rings. The van der Waals surface area contributed by atoms with E-state index in [1.165, 1.54) is 4.88 Å². The number of aromatic nitrogens is 1. The van der Waals surface area contributed by atoms with Gasteiger partial charge in [0.15, 0.2) is 0 Å². The monoisotopic (exact) mass is 234 g/mol. The topological polar surface area (TPSA) is 45.2 Å². The lowest BCUT2D eigenvalue weighted by molar-refractivity contribution is 0.475. The van der Waals surface area contributed by atoms with E-state index in [0.717, 1.165) is 22.9 Å². The molecule has 0 atom stereocenters. The number of nitrogens with one attached hydrogen (secondary N) is 1. The van der Waals surface area contributed by atoms with E-state index < -0.39 is 0 Å². The molecule has 0 unspecified atom stereocenters. The Balaban J connectivity index is 2.02. The highest BCUT2D eigenvalue weighted by atomic mass is 32.1. The molecule has 0 fully saturated rings. The zero-order valence-electron chi connectivity index (χ0n) is 9.32. The van der Waals surface area contributed by atoms with Gasteiger partial charge < -0.3 is 10.4 Å². The van der Waals surface area contributed by atoms with Gasteiger partial charge in [0, 0.05) is 10.6 Å². The number of nitrogens with zero attached hydrogens (tertiary/aromatic N) is 1. The first-order valence-corrected chi connectivity index (χ1v) is 5.92. The Morgan fingerprint density at radius 1 is 1.25 bits per heavy atom. The number of phenolic OH excluding ortho intramolecular Hbond substituents is 1. The normalized spacial score (nSPS) is 10.4. The van der Waals surface area contributed by atoms with Crippen LogP contribution >= 0.6 is 11.3 Å². The molecule has 2 aromatic rings. The fourth-order valence-corrected chi connectivity index (χ4v) is 2.38. The van der Waals surface area contributed by atoms with Crippen molar-refractivity contribution in [3.63, 3.8) is 0 Å². The summed E-state index contributed by atoms with van der Waals surface area (Å²) in [6, 6.07) is 7.07. The standard InChI is InChI=1S/C12H14N2OS/c1-8-12(16-9(2)14-8)7-13-10-3-5-11(15)6-4-10/h3-6,13,15H,7H2,1-2H3. The van der Waals surface area contributed by atoms with Crippen molar-refractivity contribution >= 4 is 17.0 Å². The van der Waals surface area contributed by atoms with E-state index in [1.807, 2.05) is 26.0 Å². The maximum atomic E-state index is 9.15. The second-order valence-electron chi connectivity index (χ2n) is 3.64. The zero-order chi connectivity index (χ0) is 11.5. The molecule has 3 nitrogen and oxygen atoms in total. The molecule has 2 rings (SSSR count). The maximum Gasteiger partial charge on any atom is 0.115 e. The number of aryl methyl sites for hydroxylation is 2. The molecule has 0 amide bonds. The van der Waals surface area contributed by atoms with Gasteiger partial charge in [-0.3, -0.25) is 0 Å². The molecule has 2 N–H and O–H groups in total. The van der Waals surface area contributed by atoms with Crippen molar-refractivity contribution in [2.45, 2.75) is 20.4 Å². The van der Waals surface area contributed by atoms with Crippen LogP contribution < -0.4 is 5.32 Å². The minimum Gasteiger partial charge on any atom is -0.508 e. The summed E-state index contributed by atoms with van der Waals surface area (Å²) in [5.41, 5.74) is 2.09. The molecular formula is C12H14N2OS. The molecule has 1 heterocycles. The SMILES string of the molecule is Cc1nc(C)c(CNc2ccc(O)cc2)s1. The number of hydrogen-bond acceptors (Lipinski definition) is 4. The first kappa shape index (κ1) is 11.0. The van der Waals surface area contributed by atoms with Gasteiger partial charge in [0.05, 0.1) is 17.2 Å². The van der Waals surface area contributed by atoms with Crippen molar-refractivity contribution in [3.05, 3.63) is 39.8 Å². The summed E-state index contributed by atoms with van der Waals surface area (Å²) in [5.74, 6) is 0.287. The number of benzene rings is 1. The lowest BCUT2D eigenvalue weighted by atomic mass is 10.3. The zero-order valence-corrected chi connectivity index (χ0v) is 10.1. The Kier molecular flexibility index (Phi) is 3.10. The predicted octanol–water partition coefficient (Wildman–Crippen LogP) is 3.08. The van der Waals surface area contributed by atoms with Crippen LogP contribution in [0.5, 0.6) is 5.75 Å². The molecule has 0 saturated heterocycles. The van der Waals surface area contributed by atoms with E-state index in [0.29, 0.717) is 0 Å². The Hall–Kier alpha value is -1.55. The van der Waals surface area contributed by atoms with Crippen molar-refractivity contribution in [1.82, 2.24) is 4.98 Å². The van der Waals surface area contributed by atoms with Gasteiger partial charge in [-0.1, -0.05) is 0 Å². The number of anilines is 1. The average Bonchev–Trinajstić information content (AvgIpc) is 2.57. The average molecular weight is 234 g/mol. The Morgan fingerprint density at radius 3 is 2.50 bits per heavy atom. The van der Waals surface area contributed by atoms with Crippen LogP contribution in [0.2, 0.25) is 0 Å². The van der Waals surface area contributed by atoms with Crippen LogP contribution in [0, 0.1) is 13.8 Å². The Labute approximate surface area is 98.8 Å². The largest absolute Gasteiger partial charge is 0.508 e. The molecule has 0 radical (unpaired) electrons. The van der Waals surface area contributed by atoms with Crippen LogP contribution in [-0.4, -0.2) is 10.1 Å². The summed E-state index contributed by atoms with van der Waals surface area (Å²) in [7, 11) is 0. The number of aromatic hydroxyl groups is 1. The molecule has 4 heteroatoms. The van der Waals surface area contributed by atoms with Gasteiger partial charge in [0.2, 0.25) is 0 Å². The fourth-order valence-electron chi connectivity index (χ4n) is 1.50. The van der Waals surface area contributed by atoms with Crippen molar-refractivity contribution in [3.8, 4) is 5.75 Å². The molecule has 0 spiro atoms. The van der Waals surface area contributed by atoms with Gasteiger partial charge in [0.1, 0.15) is 5.75 Å². The van der Waals surface area contributed by atoms with E-state index in [1.54, 1.807) is 23.5 Å². The lowest BCUT2D eigenvalue weighted by Gasteiger charge is -2.04. The molecule has 16 heavy (non-hydrogen) atoms. The first-order chi connectivity index (χ1) is 7.65. The minimum absolute atomic E-state index is 0.287. The predicted molar refractivity (Wildman–Crippen MR) is 67.0 cm³/mol. The van der Waals surface area contributed by atoms with E-state index in [-0.39, 0.29) is 5.75 Å². The van der Waals surface area contributed by atoms with Crippen molar-refractivity contribution in [2.75, 3.05) is 5.32 Å². The molecule has 0 aliphatic heterocycles. The Bertz CT molecular complexity index is 476. The van der Waals surface area contributed by atoms with Crippen LogP contribution in [0.3, 0.4) is 0 Å². The maximum absolute atomic E-state index is 9.15. The van der Waals surface area contributed by atoms with Gasteiger partial charge in [-0.2, -0.15) is 0 Å². The van der Waals surface area contributed by atoms with Crippen molar-refractivity contribution in [1.29, 1.82) is 0 Å². The van der Waals surface area contributed by atoms with Gasteiger partial charge in [-0.05, 0) is 38.1 Å². The highest BCUT2D eigenvalue weighted by molar-refractivity contribution is 7.11. The van der Waals surface area contributed by atoms with Gasteiger partial charge in [0.25, 0.3) is 0 Å². The van der Waals surface area contributed by atoms with Gasteiger partial charge in [-0.15, -0.1) is 11.3 Å². The lowest BCUT2D eigenvalue weighted by Crippen LogP contribution is -1.98. The summed E-state index contributed by atoms with van der Waals surface area (Å²) in [6.45, 7) is 4.82. The first-order valence-electron chi connectivity index (χ1n) is 5.11. The summed E-state index contributed by atoms with van der Waals surface area (Å²) < 4.78 is 0. The number of rotatable bonds is 3.